The monoisotopic (exact) mass is 624 g/mol. The van der Waals surface area contributed by atoms with Gasteiger partial charge in [-0.25, -0.2) is 16.8 Å². The van der Waals surface area contributed by atoms with Crippen molar-refractivity contribution in [2.24, 2.45) is 0 Å². The van der Waals surface area contributed by atoms with Gasteiger partial charge >= 0.3 is 0 Å². The van der Waals surface area contributed by atoms with E-state index in [-0.39, 0.29) is 40.5 Å². The topological polar surface area (TPSA) is 124 Å². The van der Waals surface area contributed by atoms with Gasteiger partial charge in [0.15, 0.2) is 0 Å². The number of benzene rings is 3. The van der Waals surface area contributed by atoms with Crippen LogP contribution < -0.4 is 14.5 Å². The minimum atomic E-state index is -3.80. The third-order valence-corrected chi connectivity index (χ3v) is 9.98. The van der Waals surface area contributed by atoms with E-state index < -0.39 is 26.0 Å². The van der Waals surface area contributed by atoms with E-state index in [1.165, 1.54) is 53.8 Å². The van der Waals surface area contributed by atoms with Gasteiger partial charge in [-0.05, 0) is 60.7 Å². The zero-order chi connectivity index (χ0) is 29.2. The number of carbonyl (C=O) groups excluding carboxylic acids is 2. The number of nitrogens with one attached hydrogen (secondary N) is 1. The van der Waals surface area contributed by atoms with E-state index >= 15 is 0 Å². The highest BCUT2D eigenvalue weighted by Gasteiger charge is 2.29. The average molecular weight is 626 g/mol. The Morgan fingerprint density at radius 1 is 0.900 bits per heavy atom. The van der Waals surface area contributed by atoms with Crippen molar-refractivity contribution in [3.63, 3.8) is 0 Å². The van der Waals surface area contributed by atoms with Crippen LogP contribution in [0.3, 0.4) is 0 Å². The summed E-state index contributed by atoms with van der Waals surface area (Å²) in [6.45, 7) is 1.42. The zero-order valence-electron chi connectivity index (χ0n) is 21.5. The normalized spacial score (nSPS) is 14.6. The first-order valence-electron chi connectivity index (χ1n) is 12.0. The maximum absolute atomic E-state index is 13.3. The van der Waals surface area contributed by atoms with Gasteiger partial charge in [0, 0.05) is 60.2 Å². The molecule has 1 N–H and O–H groups in total. The average Bonchev–Trinajstić information content (AvgIpc) is 2.91. The quantitative estimate of drug-likeness (QED) is 0.376. The van der Waals surface area contributed by atoms with Crippen LogP contribution in [0.15, 0.2) is 65.6 Å². The van der Waals surface area contributed by atoms with Gasteiger partial charge in [0.1, 0.15) is 6.29 Å². The number of carbonyl (C=O) groups is 2. The lowest BCUT2D eigenvalue weighted by atomic mass is 10.1. The molecule has 4 rings (SSSR count). The van der Waals surface area contributed by atoms with Crippen molar-refractivity contribution in [3.8, 4) is 0 Å². The number of amides is 1. The SMILES string of the molecule is CN(c1ccc(C=O)cc1C(=O)Nc1ccc(S(=O)(=O)N2CCN(c3cc(Cl)cc(Cl)c3)CC2)cc1)S(C)(=O)=O. The van der Waals surface area contributed by atoms with Gasteiger partial charge in [-0.3, -0.25) is 13.9 Å². The van der Waals surface area contributed by atoms with Crippen LogP contribution in [0, 0.1) is 0 Å². The molecule has 0 aromatic heterocycles. The number of piperazine rings is 1. The molecule has 1 amide bonds. The number of nitrogens with zero attached hydrogens (tertiary/aromatic N) is 3. The van der Waals surface area contributed by atoms with Gasteiger partial charge in [0.05, 0.1) is 22.4 Å². The number of anilines is 3. The van der Waals surface area contributed by atoms with Crippen LogP contribution in [-0.4, -0.2) is 72.8 Å². The van der Waals surface area contributed by atoms with E-state index in [4.69, 9.17) is 23.2 Å². The number of hydrogen-bond donors (Lipinski definition) is 1. The predicted octanol–water partition coefficient (Wildman–Crippen LogP) is 3.96. The molecule has 3 aromatic rings. The number of hydrogen-bond acceptors (Lipinski definition) is 7. The van der Waals surface area contributed by atoms with Crippen LogP contribution in [0.2, 0.25) is 10.0 Å². The molecule has 10 nitrogen and oxygen atoms in total. The summed E-state index contributed by atoms with van der Waals surface area (Å²) in [4.78, 5) is 26.4. The standard InChI is InChI=1S/C26H26Cl2N4O6S2/c1-30(39(2,35)36)25-8-3-18(17-33)13-24(25)26(34)29-21-4-6-23(7-5-21)40(37,38)32-11-9-31(10-12-32)22-15-19(27)14-20(28)16-22/h3-8,13-17H,9-12H2,1-2H3,(H,29,34). The Morgan fingerprint density at radius 2 is 1.50 bits per heavy atom. The third kappa shape index (κ3) is 6.58. The minimum absolute atomic E-state index is 0.0342. The molecule has 0 spiro atoms. The summed E-state index contributed by atoms with van der Waals surface area (Å²) in [6, 6.07) is 14.9. The summed E-state index contributed by atoms with van der Waals surface area (Å²) >= 11 is 12.2. The lowest BCUT2D eigenvalue weighted by Crippen LogP contribution is -2.48. The van der Waals surface area contributed by atoms with Crippen LogP contribution in [0.25, 0.3) is 0 Å². The van der Waals surface area contributed by atoms with E-state index in [2.05, 4.69) is 5.32 Å². The van der Waals surface area contributed by atoms with Crippen LogP contribution in [-0.2, 0) is 20.0 Å². The summed E-state index contributed by atoms with van der Waals surface area (Å²) in [5.74, 6) is -0.665. The molecular weight excluding hydrogens is 599 g/mol. The van der Waals surface area contributed by atoms with E-state index in [1.54, 1.807) is 18.2 Å². The summed E-state index contributed by atoms with van der Waals surface area (Å²) < 4.78 is 52.9. The first-order chi connectivity index (χ1) is 18.8. The molecule has 1 aliphatic rings. The predicted molar refractivity (Wildman–Crippen MR) is 157 cm³/mol. The molecule has 0 saturated carbocycles. The van der Waals surface area contributed by atoms with Crippen molar-refractivity contribution >= 4 is 72.5 Å². The van der Waals surface area contributed by atoms with Crippen LogP contribution in [0.1, 0.15) is 20.7 Å². The Hall–Kier alpha value is -3.16. The molecule has 1 fully saturated rings. The summed E-state index contributed by atoms with van der Waals surface area (Å²) in [5.41, 5.74) is 1.35. The molecular formula is C26H26Cl2N4O6S2. The van der Waals surface area contributed by atoms with Gasteiger partial charge in [0.2, 0.25) is 20.0 Å². The third-order valence-electron chi connectivity index (χ3n) is 6.44. The number of halogens is 2. The van der Waals surface area contributed by atoms with Crippen molar-refractivity contribution < 1.29 is 26.4 Å². The van der Waals surface area contributed by atoms with Crippen LogP contribution in [0.5, 0.6) is 0 Å². The lowest BCUT2D eigenvalue weighted by molar-refractivity contribution is 0.102. The molecule has 3 aromatic carbocycles. The fourth-order valence-electron chi connectivity index (χ4n) is 4.23. The Morgan fingerprint density at radius 3 is 2.05 bits per heavy atom. The van der Waals surface area contributed by atoms with Crippen molar-refractivity contribution in [3.05, 3.63) is 81.8 Å². The molecule has 14 heteroatoms. The molecule has 0 radical (unpaired) electrons. The highest BCUT2D eigenvalue weighted by Crippen LogP contribution is 2.28. The molecule has 0 aliphatic carbocycles. The molecule has 212 valence electrons. The summed E-state index contributed by atoms with van der Waals surface area (Å²) in [7, 11) is -6.18. The molecule has 40 heavy (non-hydrogen) atoms. The number of aldehydes is 1. The van der Waals surface area contributed by atoms with E-state index in [1.807, 2.05) is 4.90 Å². The van der Waals surface area contributed by atoms with E-state index in [0.29, 0.717) is 29.4 Å². The Labute approximate surface area is 243 Å². The minimum Gasteiger partial charge on any atom is -0.369 e. The smallest absolute Gasteiger partial charge is 0.257 e. The fraction of sp³-hybridized carbons (Fsp3) is 0.231. The second-order valence-electron chi connectivity index (χ2n) is 9.12. The largest absolute Gasteiger partial charge is 0.369 e. The van der Waals surface area contributed by atoms with E-state index in [9.17, 15) is 26.4 Å². The second-order valence-corrected chi connectivity index (χ2v) is 13.9. The molecule has 1 heterocycles. The first-order valence-corrected chi connectivity index (χ1v) is 16.0. The second kappa shape index (κ2) is 11.8. The summed E-state index contributed by atoms with van der Waals surface area (Å²) in [6.07, 6.45) is 1.54. The Bertz CT molecular complexity index is 1640. The Kier molecular flexibility index (Phi) is 8.76. The zero-order valence-corrected chi connectivity index (χ0v) is 24.7. The molecule has 0 atom stereocenters. The number of sulfonamides is 2. The van der Waals surface area contributed by atoms with Gasteiger partial charge < -0.3 is 10.2 Å². The molecule has 0 bridgehead atoms. The maximum atomic E-state index is 13.3. The van der Waals surface area contributed by atoms with Gasteiger partial charge in [-0.15, -0.1) is 0 Å². The van der Waals surface area contributed by atoms with Crippen molar-refractivity contribution in [2.75, 3.05) is 54.0 Å². The van der Waals surface area contributed by atoms with Crippen molar-refractivity contribution in [2.45, 2.75) is 4.90 Å². The summed E-state index contributed by atoms with van der Waals surface area (Å²) in [5, 5.41) is 3.63. The first kappa shape index (κ1) is 29.8. The van der Waals surface area contributed by atoms with Crippen molar-refractivity contribution in [1.29, 1.82) is 0 Å². The highest BCUT2D eigenvalue weighted by molar-refractivity contribution is 7.92. The van der Waals surface area contributed by atoms with Crippen LogP contribution in [0.4, 0.5) is 17.1 Å². The number of rotatable bonds is 8. The fourth-order valence-corrected chi connectivity index (χ4v) is 6.68. The maximum Gasteiger partial charge on any atom is 0.257 e. The van der Waals surface area contributed by atoms with Gasteiger partial charge in [-0.1, -0.05) is 23.2 Å². The molecule has 0 unspecified atom stereocenters. The van der Waals surface area contributed by atoms with E-state index in [0.717, 1.165) is 16.2 Å². The van der Waals surface area contributed by atoms with Gasteiger partial charge in [0.25, 0.3) is 5.91 Å². The van der Waals surface area contributed by atoms with Gasteiger partial charge in [-0.2, -0.15) is 4.31 Å². The highest BCUT2D eigenvalue weighted by atomic mass is 35.5. The lowest BCUT2D eigenvalue weighted by Gasteiger charge is -2.35. The molecule has 1 saturated heterocycles. The van der Waals surface area contributed by atoms with Crippen LogP contribution >= 0.6 is 23.2 Å². The Balaban J connectivity index is 1.47. The van der Waals surface area contributed by atoms with Crippen molar-refractivity contribution in [1.82, 2.24) is 4.31 Å². The molecule has 1 aliphatic heterocycles.